The minimum absolute atomic E-state index is 0.00710. The normalized spacial score (nSPS) is 29.8. The summed E-state index contributed by atoms with van der Waals surface area (Å²) < 4.78 is 32.9. The molecular formula is C12H15ClN2O3S. The molecule has 19 heavy (non-hydrogen) atoms. The van der Waals surface area contributed by atoms with Crippen LogP contribution < -0.4 is 10.5 Å². The van der Waals surface area contributed by atoms with Crippen molar-refractivity contribution in [1.29, 1.82) is 0 Å². The minimum Gasteiger partial charge on any atom is -0.399 e. The van der Waals surface area contributed by atoms with Gasteiger partial charge in [0.25, 0.3) is 0 Å². The Bertz CT molecular complexity index is 605. The third-order valence-corrected chi connectivity index (χ3v) is 5.63. The lowest BCUT2D eigenvalue weighted by Crippen LogP contribution is -2.41. The van der Waals surface area contributed by atoms with E-state index < -0.39 is 10.0 Å². The van der Waals surface area contributed by atoms with Crippen molar-refractivity contribution in [3.05, 3.63) is 23.2 Å². The first kappa shape index (κ1) is 13.2. The Morgan fingerprint density at radius 2 is 2.16 bits per heavy atom. The van der Waals surface area contributed by atoms with E-state index in [-0.39, 0.29) is 28.2 Å². The third-order valence-electron chi connectivity index (χ3n) is 3.66. The molecule has 2 aliphatic rings. The van der Waals surface area contributed by atoms with Crippen molar-refractivity contribution in [2.45, 2.75) is 42.4 Å². The van der Waals surface area contributed by atoms with Gasteiger partial charge >= 0.3 is 0 Å². The molecule has 0 radical (unpaired) electrons. The molecule has 0 aromatic heterocycles. The molecule has 0 saturated carbocycles. The minimum atomic E-state index is -3.63. The average molecular weight is 303 g/mol. The number of sulfonamides is 1. The summed E-state index contributed by atoms with van der Waals surface area (Å²) in [6, 6.07) is 4.23. The molecule has 3 atom stereocenters. The van der Waals surface area contributed by atoms with Crippen LogP contribution >= 0.6 is 11.6 Å². The Balaban J connectivity index is 1.83. The van der Waals surface area contributed by atoms with Crippen molar-refractivity contribution in [3.8, 4) is 0 Å². The first-order valence-corrected chi connectivity index (χ1v) is 8.04. The molecule has 2 aliphatic heterocycles. The van der Waals surface area contributed by atoms with Gasteiger partial charge in [-0.2, -0.15) is 0 Å². The summed E-state index contributed by atoms with van der Waals surface area (Å²) in [5.74, 6) is 0. The summed E-state index contributed by atoms with van der Waals surface area (Å²) in [6.45, 7) is 0. The second kappa shape index (κ2) is 4.63. The molecule has 2 bridgehead atoms. The predicted molar refractivity (Wildman–Crippen MR) is 72.5 cm³/mol. The molecule has 5 nitrogen and oxygen atoms in total. The lowest BCUT2D eigenvalue weighted by molar-refractivity contribution is 0.0996. The highest BCUT2D eigenvalue weighted by Crippen LogP contribution is 2.35. The number of fused-ring (bicyclic) bond motifs is 2. The van der Waals surface area contributed by atoms with E-state index in [1.165, 1.54) is 18.2 Å². The molecule has 0 aliphatic carbocycles. The maximum atomic E-state index is 12.3. The molecule has 1 aromatic rings. The van der Waals surface area contributed by atoms with Crippen LogP contribution in [0.25, 0.3) is 0 Å². The Kier molecular flexibility index (Phi) is 3.21. The van der Waals surface area contributed by atoms with Gasteiger partial charge in [-0.05, 0) is 37.5 Å². The molecule has 3 rings (SSSR count). The van der Waals surface area contributed by atoms with Crippen molar-refractivity contribution < 1.29 is 13.2 Å². The van der Waals surface area contributed by atoms with Gasteiger partial charge < -0.3 is 10.5 Å². The van der Waals surface area contributed by atoms with E-state index in [2.05, 4.69) is 4.72 Å². The number of rotatable bonds is 3. The number of halogens is 1. The fourth-order valence-electron chi connectivity index (χ4n) is 2.76. The summed E-state index contributed by atoms with van der Waals surface area (Å²) in [7, 11) is -3.63. The Morgan fingerprint density at radius 3 is 2.74 bits per heavy atom. The zero-order valence-corrected chi connectivity index (χ0v) is 11.7. The number of anilines is 1. The number of nitrogens with two attached hydrogens (primary N) is 1. The van der Waals surface area contributed by atoms with E-state index >= 15 is 0 Å². The Labute approximate surface area is 117 Å². The highest BCUT2D eigenvalue weighted by atomic mass is 35.5. The summed E-state index contributed by atoms with van der Waals surface area (Å²) in [5, 5.41) is 0.136. The Hall–Kier alpha value is -0.820. The maximum absolute atomic E-state index is 12.3. The third kappa shape index (κ3) is 2.45. The highest BCUT2D eigenvalue weighted by Gasteiger charge is 2.42. The van der Waals surface area contributed by atoms with Crippen LogP contribution in [0.15, 0.2) is 23.1 Å². The van der Waals surface area contributed by atoms with Gasteiger partial charge in [-0.25, -0.2) is 13.1 Å². The molecule has 1 aromatic carbocycles. The fraction of sp³-hybridized carbons (Fsp3) is 0.500. The van der Waals surface area contributed by atoms with Gasteiger partial charge in [0.05, 0.1) is 23.3 Å². The monoisotopic (exact) mass is 302 g/mol. The van der Waals surface area contributed by atoms with Crippen molar-refractivity contribution in [2.75, 3.05) is 5.73 Å². The summed E-state index contributed by atoms with van der Waals surface area (Å²) in [5.41, 5.74) is 6.00. The van der Waals surface area contributed by atoms with E-state index in [9.17, 15) is 8.42 Å². The van der Waals surface area contributed by atoms with Gasteiger partial charge in [-0.1, -0.05) is 11.6 Å². The smallest absolute Gasteiger partial charge is 0.242 e. The van der Waals surface area contributed by atoms with Gasteiger partial charge in [-0.3, -0.25) is 0 Å². The van der Waals surface area contributed by atoms with E-state index in [1.807, 2.05) is 0 Å². The number of nitrogens with one attached hydrogen (secondary N) is 1. The van der Waals surface area contributed by atoms with Crippen LogP contribution in [0.2, 0.25) is 5.02 Å². The lowest BCUT2D eigenvalue weighted by atomic mass is 9.96. The van der Waals surface area contributed by atoms with Crippen LogP contribution in [-0.2, 0) is 14.8 Å². The van der Waals surface area contributed by atoms with Gasteiger partial charge in [-0.15, -0.1) is 0 Å². The number of hydrogen-bond acceptors (Lipinski definition) is 4. The van der Waals surface area contributed by atoms with Crippen molar-refractivity contribution in [3.63, 3.8) is 0 Å². The highest BCUT2D eigenvalue weighted by molar-refractivity contribution is 7.89. The largest absolute Gasteiger partial charge is 0.399 e. The molecule has 2 heterocycles. The molecule has 3 N–H and O–H groups in total. The molecule has 0 spiro atoms. The van der Waals surface area contributed by atoms with Crippen LogP contribution in [0.5, 0.6) is 0 Å². The number of benzene rings is 1. The molecule has 2 saturated heterocycles. The first-order chi connectivity index (χ1) is 8.95. The molecule has 2 fully saturated rings. The summed E-state index contributed by atoms with van der Waals surface area (Å²) >= 11 is 5.95. The van der Waals surface area contributed by atoms with Crippen LogP contribution in [0.4, 0.5) is 5.69 Å². The van der Waals surface area contributed by atoms with Gasteiger partial charge in [0.2, 0.25) is 10.0 Å². The SMILES string of the molecule is Nc1ccc(S(=O)(=O)NC2CC3CCC2O3)c(Cl)c1. The van der Waals surface area contributed by atoms with Crippen LogP contribution in [0, 0.1) is 0 Å². The molecule has 7 heteroatoms. The van der Waals surface area contributed by atoms with Gasteiger partial charge in [0.1, 0.15) is 4.90 Å². The molecule has 0 amide bonds. The fourth-order valence-corrected chi connectivity index (χ4v) is 4.59. The molecule has 3 unspecified atom stereocenters. The Morgan fingerprint density at radius 1 is 1.37 bits per heavy atom. The van der Waals surface area contributed by atoms with E-state index in [0.29, 0.717) is 5.69 Å². The van der Waals surface area contributed by atoms with Gasteiger partial charge in [0.15, 0.2) is 0 Å². The second-order valence-corrected chi connectivity index (χ2v) is 7.12. The summed E-state index contributed by atoms with van der Waals surface area (Å²) in [6.07, 6.45) is 2.85. The predicted octanol–water partition coefficient (Wildman–Crippen LogP) is 1.52. The molecular weight excluding hydrogens is 288 g/mol. The van der Waals surface area contributed by atoms with Crippen LogP contribution in [0.1, 0.15) is 19.3 Å². The van der Waals surface area contributed by atoms with Crippen LogP contribution in [-0.4, -0.2) is 26.7 Å². The van der Waals surface area contributed by atoms with Crippen molar-refractivity contribution >= 4 is 27.3 Å². The maximum Gasteiger partial charge on any atom is 0.242 e. The average Bonchev–Trinajstić information content (AvgIpc) is 2.89. The molecule has 104 valence electrons. The van der Waals surface area contributed by atoms with E-state index in [0.717, 1.165) is 19.3 Å². The number of hydrogen-bond donors (Lipinski definition) is 2. The quantitative estimate of drug-likeness (QED) is 0.830. The van der Waals surface area contributed by atoms with Crippen molar-refractivity contribution in [2.24, 2.45) is 0 Å². The zero-order valence-electron chi connectivity index (χ0n) is 10.2. The van der Waals surface area contributed by atoms with E-state index in [4.69, 9.17) is 22.1 Å². The number of ether oxygens (including phenoxy) is 1. The van der Waals surface area contributed by atoms with Crippen molar-refractivity contribution in [1.82, 2.24) is 4.72 Å². The number of nitrogen functional groups attached to an aromatic ring is 1. The topological polar surface area (TPSA) is 81.4 Å². The summed E-state index contributed by atoms with van der Waals surface area (Å²) in [4.78, 5) is 0.0612. The zero-order chi connectivity index (χ0) is 13.6. The van der Waals surface area contributed by atoms with E-state index in [1.54, 1.807) is 0 Å². The first-order valence-electron chi connectivity index (χ1n) is 6.18. The second-order valence-electron chi connectivity index (χ2n) is 5.03. The van der Waals surface area contributed by atoms with Gasteiger partial charge in [0, 0.05) is 5.69 Å². The van der Waals surface area contributed by atoms with Crippen LogP contribution in [0.3, 0.4) is 0 Å². The lowest BCUT2D eigenvalue weighted by Gasteiger charge is -2.20. The standard InChI is InChI=1S/C12H15ClN2O3S/c13-9-5-7(14)1-4-12(9)19(16,17)15-10-6-8-2-3-11(10)18-8/h1,4-5,8,10-11,15H,2-3,6,14H2.